The number of imidazole rings is 1. The third-order valence-corrected chi connectivity index (χ3v) is 4.01. The Labute approximate surface area is 129 Å². The summed E-state index contributed by atoms with van der Waals surface area (Å²) in [4.78, 5) is 8.95. The average Bonchev–Trinajstić information content (AvgIpc) is 2.86. The highest BCUT2D eigenvalue weighted by atomic mass is 35.5. The van der Waals surface area contributed by atoms with E-state index in [1.54, 1.807) is 11.8 Å². The number of benzene rings is 1. The molecule has 0 unspecified atom stereocenters. The molecular weight excluding hydrogens is 290 g/mol. The van der Waals surface area contributed by atoms with Gasteiger partial charge in [-0.25, -0.2) is 4.98 Å². The minimum Gasteiger partial charge on any atom is -0.344 e. The monoisotopic (exact) mass is 309 g/mol. The molecule has 0 radical (unpaired) electrons. The molecule has 0 aliphatic heterocycles. The fraction of sp³-hybridized carbons (Fsp3) is 0.400. The Morgan fingerprint density at radius 1 is 1.30 bits per heavy atom. The van der Waals surface area contributed by atoms with Crippen molar-refractivity contribution in [1.29, 1.82) is 0 Å². The van der Waals surface area contributed by atoms with Crippen molar-refractivity contribution in [2.75, 3.05) is 6.54 Å². The van der Waals surface area contributed by atoms with E-state index in [2.05, 4.69) is 29.1 Å². The second kappa shape index (κ2) is 7.72. The van der Waals surface area contributed by atoms with Gasteiger partial charge in [0.25, 0.3) is 0 Å². The molecule has 0 saturated heterocycles. The predicted octanol–water partition coefficient (Wildman–Crippen LogP) is 4.10. The van der Waals surface area contributed by atoms with Gasteiger partial charge in [-0.05, 0) is 36.7 Å². The Balaban J connectivity index is 1.79. The maximum absolute atomic E-state index is 5.87. The molecule has 0 aliphatic rings. The van der Waals surface area contributed by atoms with Gasteiger partial charge < -0.3 is 10.3 Å². The summed E-state index contributed by atoms with van der Waals surface area (Å²) in [7, 11) is 0. The fourth-order valence-electron chi connectivity index (χ4n) is 1.75. The molecule has 1 heterocycles. The van der Waals surface area contributed by atoms with Crippen molar-refractivity contribution in [2.45, 2.75) is 31.0 Å². The van der Waals surface area contributed by atoms with Crippen LogP contribution in [-0.2, 0) is 12.3 Å². The number of aromatic amines is 1. The van der Waals surface area contributed by atoms with E-state index >= 15 is 0 Å². The summed E-state index contributed by atoms with van der Waals surface area (Å²) < 4.78 is 0. The van der Waals surface area contributed by atoms with Gasteiger partial charge in [0.2, 0.25) is 0 Å². The zero-order chi connectivity index (χ0) is 14.4. The van der Waals surface area contributed by atoms with Gasteiger partial charge in [0.1, 0.15) is 5.82 Å². The minimum atomic E-state index is 0.665. The Hall–Kier alpha value is -0.970. The van der Waals surface area contributed by atoms with Crippen LogP contribution in [0.2, 0.25) is 5.02 Å². The number of nitrogens with one attached hydrogen (secondary N) is 2. The average molecular weight is 310 g/mol. The Morgan fingerprint density at radius 2 is 2.05 bits per heavy atom. The lowest BCUT2D eigenvalue weighted by Crippen LogP contribution is -2.19. The van der Waals surface area contributed by atoms with E-state index in [1.165, 1.54) is 4.90 Å². The fourth-order valence-corrected chi connectivity index (χ4v) is 2.65. The normalized spacial score (nSPS) is 11.2. The second-order valence-electron chi connectivity index (χ2n) is 5.12. The van der Waals surface area contributed by atoms with Gasteiger partial charge in [0.15, 0.2) is 0 Å². The molecule has 1 aromatic carbocycles. The van der Waals surface area contributed by atoms with E-state index in [0.29, 0.717) is 5.92 Å². The van der Waals surface area contributed by atoms with Crippen molar-refractivity contribution < 1.29 is 0 Å². The quantitative estimate of drug-likeness (QED) is 0.757. The van der Waals surface area contributed by atoms with Crippen LogP contribution in [0, 0.1) is 5.92 Å². The van der Waals surface area contributed by atoms with Crippen LogP contribution in [-0.4, -0.2) is 16.5 Å². The molecule has 0 aliphatic carbocycles. The molecule has 108 valence electrons. The second-order valence-corrected chi connectivity index (χ2v) is 6.61. The first-order valence-electron chi connectivity index (χ1n) is 6.75. The SMILES string of the molecule is CC(C)CNCc1cnc(CSc2ccc(Cl)cc2)[nH]1. The molecule has 0 bridgehead atoms. The number of nitrogens with zero attached hydrogens (tertiary/aromatic N) is 1. The van der Waals surface area contributed by atoms with Crippen molar-refractivity contribution in [2.24, 2.45) is 5.92 Å². The van der Waals surface area contributed by atoms with Crippen LogP contribution in [0.4, 0.5) is 0 Å². The zero-order valence-electron chi connectivity index (χ0n) is 11.8. The summed E-state index contributed by atoms with van der Waals surface area (Å²) in [5, 5.41) is 4.17. The first-order valence-corrected chi connectivity index (χ1v) is 8.11. The molecule has 1 aromatic heterocycles. The molecule has 0 spiro atoms. The molecule has 0 amide bonds. The van der Waals surface area contributed by atoms with Crippen LogP contribution in [0.25, 0.3) is 0 Å². The third-order valence-electron chi connectivity index (χ3n) is 2.74. The highest BCUT2D eigenvalue weighted by molar-refractivity contribution is 7.98. The molecule has 2 aromatic rings. The molecule has 3 nitrogen and oxygen atoms in total. The van der Waals surface area contributed by atoms with Crippen molar-refractivity contribution in [3.8, 4) is 0 Å². The van der Waals surface area contributed by atoms with Gasteiger partial charge in [-0.3, -0.25) is 0 Å². The molecule has 5 heteroatoms. The largest absolute Gasteiger partial charge is 0.344 e. The number of hydrogen-bond donors (Lipinski definition) is 2. The molecular formula is C15H20ClN3S. The maximum Gasteiger partial charge on any atom is 0.116 e. The first-order chi connectivity index (χ1) is 9.63. The molecule has 20 heavy (non-hydrogen) atoms. The van der Waals surface area contributed by atoms with E-state index in [9.17, 15) is 0 Å². The topological polar surface area (TPSA) is 40.7 Å². The van der Waals surface area contributed by atoms with Crippen LogP contribution >= 0.6 is 23.4 Å². The van der Waals surface area contributed by atoms with Crippen LogP contribution in [0.1, 0.15) is 25.4 Å². The van der Waals surface area contributed by atoms with Gasteiger partial charge in [-0.1, -0.05) is 25.4 Å². The van der Waals surface area contributed by atoms with Crippen molar-refractivity contribution in [3.63, 3.8) is 0 Å². The molecule has 2 rings (SSSR count). The number of halogens is 1. The first kappa shape index (κ1) is 15.4. The Kier molecular flexibility index (Phi) is 5.95. The summed E-state index contributed by atoms with van der Waals surface area (Å²) in [5.74, 6) is 2.51. The number of H-pyrrole nitrogens is 1. The van der Waals surface area contributed by atoms with Gasteiger partial charge in [0.05, 0.1) is 5.75 Å². The standard InChI is InChI=1S/C15H20ClN3S/c1-11(2)7-17-8-13-9-18-15(19-13)10-20-14-5-3-12(16)4-6-14/h3-6,9,11,17H,7-8,10H2,1-2H3,(H,18,19). The number of thioether (sulfide) groups is 1. The third kappa shape index (κ3) is 5.19. The number of hydrogen-bond acceptors (Lipinski definition) is 3. The smallest absolute Gasteiger partial charge is 0.116 e. The van der Waals surface area contributed by atoms with Crippen LogP contribution < -0.4 is 5.32 Å². The molecule has 0 atom stereocenters. The predicted molar refractivity (Wildman–Crippen MR) is 86.1 cm³/mol. The van der Waals surface area contributed by atoms with Gasteiger partial charge in [-0.2, -0.15) is 0 Å². The number of aromatic nitrogens is 2. The Morgan fingerprint density at radius 3 is 2.75 bits per heavy atom. The molecule has 0 fully saturated rings. The zero-order valence-corrected chi connectivity index (χ0v) is 13.4. The van der Waals surface area contributed by atoms with Crippen LogP contribution in [0.3, 0.4) is 0 Å². The highest BCUT2D eigenvalue weighted by Gasteiger charge is 2.02. The minimum absolute atomic E-state index is 0.665. The van der Waals surface area contributed by atoms with E-state index in [1.807, 2.05) is 30.5 Å². The van der Waals surface area contributed by atoms with E-state index < -0.39 is 0 Å². The number of rotatable bonds is 7. The van der Waals surface area contributed by atoms with E-state index in [4.69, 9.17) is 11.6 Å². The maximum atomic E-state index is 5.87. The van der Waals surface area contributed by atoms with Crippen molar-refractivity contribution >= 4 is 23.4 Å². The molecule has 2 N–H and O–H groups in total. The lowest BCUT2D eigenvalue weighted by atomic mass is 10.2. The lowest BCUT2D eigenvalue weighted by Gasteiger charge is -2.05. The van der Waals surface area contributed by atoms with Gasteiger partial charge in [0, 0.05) is 28.4 Å². The van der Waals surface area contributed by atoms with E-state index in [-0.39, 0.29) is 0 Å². The van der Waals surface area contributed by atoms with E-state index in [0.717, 1.165) is 35.4 Å². The highest BCUT2D eigenvalue weighted by Crippen LogP contribution is 2.23. The summed E-state index contributed by atoms with van der Waals surface area (Å²) in [5.41, 5.74) is 1.14. The molecule has 0 saturated carbocycles. The van der Waals surface area contributed by atoms with Crippen LogP contribution in [0.5, 0.6) is 0 Å². The summed E-state index contributed by atoms with van der Waals surface area (Å²) in [6, 6.07) is 7.88. The summed E-state index contributed by atoms with van der Waals surface area (Å²) in [6.07, 6.45) is 1.91. The summed E-state index contributed by atoms with van der Waals surface area (Å²) in [6.45, 7) is 6.27. The Bertz CT molecular complexity index is 522. The van der Waals surface area contributed by atoms with Gasteiger partial charge >= 0.3 is 0 Å². The summed E-state index contributed by atoms with van der Waals surface area (Å²) >= 11 is 7.62. The lowest BCUT2D eigenvalue weighted by molar-refractivity contribution is 0.549. The van der Waals surface area contributed by atoms with Crippen LogP contribution in [0.15, 0.2) is 35.4 Å². The van der Waals surface area contributed by atoms with Gasteiger partial charge in [-0.15, -0.1) is 11.8 Å². The van der Waals surface area contributed by atoms with Crippen molar-refractivity contribution in [1.82, 2.24) is 15.3 Å². The van der Waals surface area contributed by atoms with Crippen molar-refractivity contribution in [3.05, 3.63) is 47.0 Å².